The molecule has 0 aliphatic rings. The molecule has 17 heavy (non-hydrogen) atoms. The van der Waals surface area contributed by atoms with Gasteiger partial charge in [-0.2, -0.15) is 0 Å². The van der Waals surface area contributed by atoms with Crippen LogP contribution in [-0.2, 0) is 9.53 Å². The van der Waals surface area contributed by atoms with Crippen LogP contribution in [0.4, 0.5) is 0 Å². The topological polar surface area (TPSA) is 55.6 Å². The molecule has 0 radical (unpaired) electrons. The van der Waals surface area contributed by atoms with E-state index >= 15 is 0 Å². The molecule has 0 aromatic heterocycles. The van der Waals surface area contributed by atoms with Gasteiger partial charge in [-0.25, -0.2) is 0 Å². The maximum Gasteiger partial charge on any atom is 0.311 e. The molecule has 4 nitrogen and oxygen atoms in total. The highest BCUT2D eigenvalue weighted by Gasteiger charge is 2.33. The van der Waals surface area contributed by atoms with E-state index in [1.54, 1.807) is 0 Å². The van der Waals surface area contributed by atoms with Crippen LogP contribution in [0.5, 0.6) is 0 Å². The van der Waals surface area contributed by atoms with Crippen molar-refractivity contribution < 1.29 is 9.53 Å². The number of esters is 1. The lowest BCUT2D eigenvalue weighted by molar-refractivity contribution is -0.151. The summed E-state index contributed by atoms with van der Waals surface area (Å²) in [6, 6.07) is 0.161. The number of nitrogens with two attached hydrogens (primary N) is 1. The Bertz CT molecular complexity index is 215. The Morgan fingerprint density at radius 3 is 2.06 bits per heavy atom. The van der Waals surface area contributed by atoms with Gasteiger partial charge in [0.05, 0.1) is 12.5 Å². The van der Waals surface area contributed by atoms with Crippen molar-refractivity contribution in [2.45, 2.75) is 40.7 Å². The Morgan fingerprint density at radius 2 is 1.76 bits per heavy atom. The summed E-state index contributed by atoms with van der Waals surface area (Å²) in [5.41, 5.74) is 5.76. The minimum absolute atomic E-state index is 0.161. The second-order valence-corrected chi connectivity index (χ2v) is 4.55. The van der Waals surface area contributed by atoms with Crippen LogP contribution in [0.2, 0.25) is 0 Å². The van der Waals surface area contributed by atoms with Gasteiger partial charge in [0.15, 0.2) is 0 Å². The van der Waals surface area contributed by atoms with Gasteiger partial charge in [-0.15, -0.1) is 0 Å². The van der Waals surface area contributed by atoms with E-state index in [1.165, 1.54) is 0 Å². The number of carbonyl (C=O) groups is 1. The second kappa shape index (κ2) is 8.48. The molecule has 0 heterocycles. The van der Waals surface area contributed by atoms with Crippen LogP contribution < -0.4 is 5.73 Å². The third kappa shape index (κ3) is 4.64. The molecule has 2 N–H and O–H groups in total. The van der Waals surface area contributed by atoms with Crippen LogP contribution in [0.3, 0.4) is 0 Å². The third-order valence-electron chi connectivity index (χ3n) is 3.17. The zero-order valence-corrected chi connectivity index (χ0v) is 11.9. The van der Waals surface area contributed by atoms with Gasteiger partial charge in [-0.3, -0.25) is 9.69 Å². The summed E-state index contributed by atoms with van der Waals surface area (Å²) in [5.74, 6) is -0.0108. The minimum atomic E-state index is -0.227. The summed E-state index contributed by atoms with van der Waals surface area (Å²) >= 11 is 0. The van der Waals surface area contributed by atoms with Crippen LogP contribution in [-0.4, -0.2) is 43.2 Å². The van der Waals surface area contributed by atoms with E-state index in [-0.39, 0.29) is 17.9 Å². The molecule has 0 saturated carbocycles. The molecule has 0 amide bonds. The normalized spacial score (nSPS) is 15.1. The molecule has 0 aromatic rings. The standard InChI is InChI=1S/C13H28N2O2/c1-6-15(7-2)12(10(4)5)11(9-14)13(16)17-8-3/h10-12H,6-9,14H2,1-5H3/t11-,12+/m0/s1. The molecule has 2 atom stereocenters. The first-order valence-electron chi connectivity index (χ1n) is 6.64. The molecule has 0 bridgehead atoms. The predicted molar refractivity (Wildman–Crippen MR) is 70.7 cm³/mol. The predicted octanol–water partition coefficient (Wildman–Crippen LogP) is 1.49. The highest BCUT2D eigenvalue weighted by molar-refractivity contribution is 5.73. The van der Waals surface area contributed by atoms with Gasteiger partial charge in [0.2, 0.25) is 0 Å². The third-order valence-corrected chi connectivity index (χ3v) is 3.17. The SMILES string of the molecule is CCOC(=O)[C@@H](CN)[C@@H](C(C)C)N(CC)CC. The smallest absolute Gasteiger partial charge is 0.311 e. The van der Waals surface area contributed by atoms with Crippen LogP contribution >= 0.6 is 0 Å². The number of ether oxygens (including phenoxy) is 1. The molecule has 0 aromatic carbocycles. The lowest BCUT2D eigenvalue weighted by atomic mass is 9.88. The Morgan fingerprint density at radius 1 is 1.24 bits per heavy atom. The Kier molecular flexibility index (Phi) is 8.17. The second-order valence-electron chi connectivity index (χ2n) is 4.55. The quantitative estimate of drug-likeness (QED) is 0.657. The van der Waals surface area contributed by atoms with Crippen molar-refractivity contribution in [3.05, 3.63) is 0 Å². The van der Waals surface area contributed by atoms with E-state index in [2.05, 4.69) is 32.6 Å². The van der Waals surface area contributed by atoms with Crippen molar-refractivity contribution in [1.82, 2.24) is 4.90 Å². The van der Waals surface area contributed by atoms with Crippen LogP contribution in [0.15, 0.2) is 0 Å². The van der Waals surface area contributed by atoms with Gasteiger partial charge in [-0.1, -0.05) is 27.7 Å². The van der Waals surface area contributed by atoms with E-state index in [1.807, 2.05) is 6.92 Å². The van der Waals surface area contributed by atoms with E-state index in [4.69, 9.17) is 10.5 Å². The van der Waals surface area contributed by atoms with Gasteiger partial charge in [0, 0.05) is 12.6 Å². The maximum absolute atomic E-state index is 11.9. The van der Waals surface area contributed by atoms with Crippen LogP contribution in [0, 0.1) is 11.8 Å². The van der Waals surface area contributed by atoms with Crippen LogP contribution in [0.1, 0.15) is 34.6 Å². The van der Waals surface area contributed by atoms with Crippen LogP contribution in [0.25, 0.3) is 0 Å². The van der Waals surface area contributed by atoms with Gasteiger partial charge in [0.25, 0.3) is 0 Å². The molecular formula is C13H28N2O2. The zero-order chi connectivity index (χ0) is 13.4. The average Bonchev–Trinajstić information content (AvgIpc) is 2.29. The monoisotopic (exact) mass is 244 g/mol. The lowest BCUT2D eigenvalue weighted by Gasteiger charge is -2.37. The summed E-state index contributed by atoms with van der Waals surface area (Å²) in [6.07, 6.45) is 0. The molecule has 102 valence electrons. The molecule has 0 aliphatic carbocycles. The fraction of sp³-hybridized carbons (Fsp3) is 0.923. The molecule has 0 rings (SSSR count). The molecular weight excluding hydrogens is 216 g/mol. The molecule has 4 heteroatoms. The van der Waals surface area contributed by atoms with Crippen molar-refractivity contribution in [2.24, 2.45) is 17.6 Å². The van der Waals surface area contributed by atoms with Gasteiger partial charge >= 0.3 is 5.97 Å². The van der Waals surface area contributed by atoms with E-state index < -0.39 is 0 Å². The molecule has 0 aliphatic heterocycles. The number of carbonyl (C=O) groups excluding carboxylic acids is 1. The van der Waals surface area contributed by atoms with Crippen molar-refractivity contribution in [3.8, 4) is 0 Å². The minimum Gasteiger partial charge on any atom is -0.466 e. The number of hydrogen-bond acceptors (Lipinski definition) is 4. The Labute approximate surface area is 105 Å². The first kappa shape index (κ1) is 16.4. The molecule has 0 fully saturated rings. The highest BCUT2D eigenvalue weighted by atomic mass is 16.5. The summed E-state index contributed by atoms with van der Waals surface area (Å²) in [6.45, 7) is 12.9. The van der Waals surface area contributed by atoms with E-state index in [9.17, 15) is 4.79 Å². The van der Waals surface area contributed by atoms with E-state index in [0.717, 1.165) is 13.1 Å². The maximum atomic E-state index is 11.9. The Balaban J connectivity index is 4.91. The summed E-state index contributed by atoms with van der Waals surface area (Å²) in [7, 11) is 0. The Hall–Kier alpha value is -0.610. The fourth-order valence-corrected chi connectivity index (χ4v) is 2.41. The first-order valence-corrected chi connectivity index (χ1v) is 6.64. The lowest BCUT2D eigenvalue weighted by Crippen LogP contribution is -2.49. The van der Waals surface area contributed by atoms with Crippen molar-refractivity contribution in [1.29, 1.82) is 0 Å². The van der Waals surface area contributed by atoms with Crippen molar-refractivity contribution >= 4 is 5.97 Å². The number of rotatable bonds is 8. The highest BCUT2D eigenvalue weighted by Crippen LogP contribution is 2.20. The number of hydrogen-bond donors (Lipinski definition) is 1. The summed E-state index contributed by atoms with van der Waals surface area (Å²) in [5, 5.41) is 0. The van der Waals surface area contributed by atoms with Gasteiger partial charge in [-0.05, 0) is 25.9 Å². The molecule has 0 saturated heterocycles. The largest absolute Gasteiger partial charge is 0.466 e. The zero-order valence-electron chi connectivity index (χ0n) is 11.9. The summed E-state index contributed by atoms with van der Waals surface area (Å²) in [4.78, 5) is 14.2. The van der Waals surface area contributed by atoms with Gasteiger partial charge < -0.3 is 10.5 Å². The van der Waals surface area contributed by atoms with E-state index in [0.29, 0.717) is 19.1 Å². The fourth-order valence-electron chi connectivity index (χ4n) is 2.41. The van der Waals surface area contributed by atoms with Crippen molar-refractivity contribution in [3.63, 3.8) is 0 Å². The van der Waals surface area contributed by atoms with Gasteiger partial charge in [0.1, 0.15) is 0 Å². The molecule has 0 unspecified atom stereocenters. The first-order chi connectivity index (χ1) is 8.03. The van der Waals surface area contributed by atoms with Crippen molar-refractivity contribution in [2.75, 3.05) is 26.2 Å². The average molecular weight is 244 g/mol. The molecule has 0 spiro atoms. The number of nitrogens with zero attached hydrogens (tertiary/aromatic N) is 1. The summed E-state index contributed by atoms with van der Waals surface area (Å²) < 4.78 is 5.12.